The van der Waals surface area contributed by atoms with Crippen LogP contribution >= 0.6 is 0 Å². The van der Waals surface area contributed by atoms with Crippen LogP contribution in [0.3, 0.4) is 0 Å². The minimum atomic E-state index is -3.71. The first kappa shape index (κ1) is 16.0. The van der Waals surface area contributed by atoms with Crippen LogP contribution in [0.15, 0.2) is 23.1 Å². The Morgan fingerprint density at radius 3 is 2.67 bits per heavy atom. The van der Waals surface area contributed by atoms with Crippen LogP contribution in [-0.4, -0.2) is 45.4 Å². The minimum Gasteiger partial charge on any atom is -0.490 e. The number of benzene rings is 1. The molecule has 0 aromatic heterocycles. The molecular weight excluding hydrogens is 296 g/mol. The molecule has 0 radical (unpaired) electrons. The number of rotatable bonds is 5. The third-order valence-corrected chi connectivity index (χ3v) is 4.58. The lowest BCUT2D eigenvalue weighted by molar-refractivity contribution is 0.164. The van der Waals surface area contributed by atoms with Gasteiger partial charge in [-0.15, -0.1) is 0 Å². The topological polar surface area (TPSA) is 111 Å². The zero-order valence-electron chi connectivity index (χ0n) is 11.8. The van der Waals surface area contributed by atoms with Crippen LogP contribution in [0.25, 0.3) is 0 Å². The van der Waals surface area contributed by atoms with E-state index in [4.69, 9.17) is 15.2 Å². The van der Waals surface area contributed by atoms with E-state index in [1.165, 1.54) is 19.1 Å². The van der Waals surface area contributed by atoms with E-state index in [1.807, 2.05) is 0 Å². The van der Waals surface area contributed by atoms with Crippen molar-refractivity contribution >= 4 is 10.0 Å². The average molecular weight is 316 g/mol. The second kappa shape index (κ2) is 6.61. The van der Waals surface area contributed by atoms with Crippen molar-refractivity contribution in [3.63, 3.8) is 0 Å². The van der Waals surface area contributed by atoms with E-state index < -0.39 is 22.2 Å². The Morgan fingerprint density at radius 1 is 1.33 bits per heavy atom. The molecule has 0 saturated heterocycles. The Kier molecular flexibility index (Phi) is 5.04. The normalized spacial score (nSPS) is 17.9. The molecule has 2 rings (SSSR count). The second-order valence-corrected chi connectivity index (χ2v) is 6.68. The molecule has 1 aliphatic heterocycles. The van der Waals surface area contributed by atoms with Gasteiger partial charge in [0, 0.05) is 25.1 Å². The molecule has 1 aromatic carbocycles. The Bertz CT molecular complexity index is 588. The number of nitrogens with two attached hydrogens (primary N) is 1. The summed E-state index contributed by atoms with van der Waals surface area (Å²) in [7, 11) is -3.71. The first-order valence-electron chi connectivity index (χ1n) is 6.73. The van der Waals surface area contributed by atoms with Gasteiger partial charge < -0.3 is 20.3 Å². The molecule has 4 N–H and O–H groups in total. The van der Waals surface area contributed by atoms with Gasteiger partial charge in [0.1, 0.15) is 0 Å². The van der Waals surface area contributed by atoms with Crippen LogP contribution < -0.4 is 19.9 Å². The van der Waals surface area contributed by atoms with Gasteiger partial charge in [-0.1, -0.05) is 0 Å². The predicted octanol–water partition coefficient (Wildman–Crippen LogP) is -0.166. The van der Waals surface area contributed by atoms with Crippen molar-refractivity contribution in [1.82, 2.24) is 4.72 Å². The third kappa shape index (κ3) is 4.07. The predicted molar refractivity (Wildman–Crippen MR) is 76.9 cm³/mol. The Morgan fingerprint density at radius 2 is 2.00 bits per heavy atom. The number of ether oxygens (including phenoxy) is 2. The van der Waals surface area contributed by atoms with Crippen molar-refractivity contribution in [2.24, 2.45) is 5.73 Å². The Balaban J connectivity index is 2.15. The van der Waals surface area contributed by atoms with Crippen molar-refractivity contribution in [2.45, 2.75) is 30.4 Å². The summed E-state index contributed by atoms with van der Waals surface area (Å²) in [4.78, 5) is 0.0737. The lowest BCUT2D eigenvalue weighted by Gasteiger charge is -2.16. The highest BCUT2D eigenvalue weighted by Gasteiger charge is 2.20. The maximum Gasteiger partial charge on any atom is 0.240 e. The lowest BCUT2D eigenvalue weighted by atomic mass is 10.2. The van der Waals surface area contributed by atoms with Crippen molar-refractivity contribution in [3.05, 3.63) is 18.2 Å². The van der Waals surface area contributed by atoms with Gasteiger partial charge in [-0.25, -0.2) is 13.1 Å². The number of hydrogen-bond acceptors (Lipinski definition) is 6. The number of aliphatic hydroxyl groups is 1. The van der Waals surface area contributed by atoms with Gasteiger partial charge in [0.25, 0.3) is 0 Å². The maximum absolute atomic E-state index is 12.2. The highest BCUT2D eigenvalue weighted by Crippen LogP contribution is 2.31. The largest absolute Gasteiger partial charge is 0.490 e. The smallest absolute Gasteiger partial charge is 0.240 e. The molecular formula is C13H20N2O5S. The number of aliphatic hydroxyl groups excluding tert-OH is 1. The molecule has 118 valence electrons. The van der Waals surface area contributed by atoms with Gasteiger partial charge in [0.15, 0.2) is 11.5 Å². The monoisotopic (exact) mass is 316 g/mol. The molecule has 1 aromatic rings. The summed E-state index contributed by atoms with van der Waals surface area (Å²) in [6, 6.07) is 3.78. The van der Waals surface area contributed by atoms with Gasteiger partial charge >= 0.3 is 0 Å². The standard InChI is InChI=1S/C13H20N2O5S/c1-9(16)11(14)8-15-21(17,18)10-3-4-12-13(7-10)20-6-2-5-19-12/h3-4,7,9,11,15-16H,2,5-6,8,14H2,1H3. The van der Waals surface area contributed by atoms with Crippen LogP contribution in [0.5, 0.6) is 11.5 Å². The fraction of sp³-hybridized carbons (Fsp3) is 0.538. The van der Waals surface area contributed by atoms with E-state index in [1.54, 1.807) is 6.07 Å². The first-order chi connectivity index (χ1) is 9.90. The molecule has 2 atom stereocenters. The minimum absolute atomic E-state index is 0.0472. The third-order valence-electron chi connectivity index (χ3n) is 3.16. The van der Waals surface area contributed by atoms with Crippen molar-refractivity contribution in [1.29, 1.82) is 0 Å². The Labute approximate surface area is 124 Å². The molecule has 1 aliphatic rings. The summed E-state index contributed by atoms with van der Waals surface area (Å²) < 4.78 is 37.7. The molecule has 0 spiro atoms. The summed E-state index contributed by atoms with van der Waals surface area (Å²) >= 11 is 0. The maximum atomic E-state index is 12.2. The van der Waals surface area contributed by atoms with Gasteiger partial charge in [-0.05, 0) is 19.1 Å². The van der Waals surface area contributed by atoms with E-state index in [0.29, 0.717) is 24.7 Å². The van der Waals surface area contributed by atoms with Crippen LogP contribution in [0.4, 0.5) is 0 Å². The van der Waals surface area contributed by atoms with E-state index in [9.17, 15) is 13.5 Å². The fourth-order valence-electron chi connectivity index (χ4n) is 1.77. The molecule has 0 bridgehead atoms. The summed E-state index contributed by atoms with van der Waals surface area (Å²) in [6.07, 6.45) is -0.0467. The van der Waals surface area contributed by atoms with Gasteiger partial charge in [-0.3, -0.25) is 0 Å². The number of sulfonamides is 1. The molecule has 7 nitrogen and oxygen atoms in total. The molecule has 0 fully saturated rings. The Hall–Kier alpha value is -1.35. The van der Waals surface area contributed by atoms with Crippen LogP contribution in [-0.2, 0) is 10.0 Å². The van der Waals surface area contributed by atoms with E-state index >= 15 is 0 Å². The van der Waals surface area contributed by atoms with Crippen LogP contribution in [0.1, 0.15) is 13.3 Å². The number of fused-ring (bicyclic) bond motifs is 1. The van der Waals surface area contributed by atoms with E-state index in [-0.39, 0.29) is 11.4 Å². The molecule has 2 unspecified atom stereocenters. The molecule has 8 heteroatoms. The molecule has 0 saturated carbocycles. The molecule has 0 amide bonds. The number of nitrogens with one attached hydrogen (secondary N) is 1. The lowest BCUT2D eigenvalue weighted by Crippen LogP contribution is -2.43. The molecule has 21 heavy (non-hydrogen) atoms. The van der Waals surface area contributed by atoms with Crippen molar-refractivity contribution in [2.75, 3.05) is 19.8 Å². The fourth-order valence-corrected chi connectivity index (χ4v) is 2.86. The van der Waals surface area contributed by atoms with Crippen molar-refractivity contribution in [3.8, 4) is 11.5 Å². The molecule has 1 heterocycles. The summed E-state index contributed by atoms with van der Waals surface area (Å²) in [5, 5.41) is 9.28. The summed E-state index contributed by atoms with van der Waals surface area (Å²) in [5.74, 6) is 0.947. The van der Waals surface area contributed by atoms with E-state index in [0.717, 1.165) is 6.42 Å². The van der Waals surface area contributed by atoms with E-state index in [2.05, 4.69) is 4.72 Å². The average Bonchev–Trinajstić information content (AvgIpc) is 2.69. The summed E-state index contributed by atoms with van der Waals surface area (Å²) in [5.41, 5.74) is 5.61. The SMILES string of the molecule is CC(O)C(N)CNS(=O)(=O)c1ccc2c(c1)OCCCO2. The summed E-state index contributed by atoms with van der Waals surface area (Å²) in [6.45, 7) is 2.48. The van der Waals surface area contributed by atoms with Gasteiger partial charge in [-0.2, -0.15) is 0 Å². The van der Waals surface area contributed by atoms with Gasteiger partial charge in [0.05, 0.1) is 24.2 Å². The van der Waals surface area contributed by atoms with Crippen LogP contribution in [0.2, 0.25) is 0 Å². The zero-order valence-corrected chi connectivity index (χ0v) is 12.6. The quantitative estimate of drug-likeness (QED) is 0.696. The number of hydrogen-bond donors (Lipinski definition) is 3. The molecule has 0 aliphatic carbocycles. The second-order valence-electron chi connectivity index (χ2n) is 4.92. The van der Waals surface area contributed by atoms with Crippen molar-refractivity contribution < 1.29 is 23.0 Å². The highest BCUT2D eigenvalue weighted by atomic mass is 32.2. The van der Waals surface area contributed by atoms with Crippen LogP contribution in [0, 0.1) is 0 Å². The highest BCUT2D eigenvalue weighted by molar-refractivity contribution is 7.89. The first-order valence-corrected chi connectivity index (χ1v) is 8.21. The van der Waals surface area contributed by atoms with Gasteiger partial charge in [0.2, 0.25) is 10.0 Å². The zero-order chi connectivity index (χ0) is 15.5.